The van der Waals surface area contributed by atoms with Crippen LogP contribution in [0.5, 0.6) is 11.5 Å². The van der Waals surface area contributed by atoms with Crippen molar-refractivity contribution in [3.05, 3.63) is 53.1 Å². The lowest BCUT2D eigenvalue weighted by Gasteiger charge is -2.18. The molecule has 2 N–H and O–H groups in total. The predicted octanol–water partition coefficient (Wildman–Crippen LogP) is 2.43. The Morgan fingerprint density at radius 3 is 2.88 bits per heavy atom. The van der Waals surface area contributed by atoms with E-state index in [9.17, 15) is 9.59 Å². The zero-order valence-corrected chi connectivity index (χ0v) is 14.5. The van der Waals surface area contributed by atoms with Gasteiger partial charge in [0.25, 0.3) is 5.56 Å². The van der Waals surface area contributed by atoms with Crippen LogP contribution >= 0.6 is 11.8 Å². The van der Waals surface area contributed by atoms with Gasteiger partial charge in [-0.3, -0.25) is 9.59 Å². The quantitative estimate of drug-likeness (QED) is 0.686. The first-order chi connectivity index (χ1) is 12.7. The van der Waals surface area contributed by atoms with E-state index in [0.29, 0.717) is 35.6 Å². The van der Waals surface area contributed by atoms with Crippen LogP contribution in [0.4, 0.5) is 5.69 Å². The largest absolute Gasteiger partial charge is 0.486 e. The molecule has 7 nitrogen and oxygen atoms in total. The molecule has 1 amide bonds. The number of thioether (sulfide) groups is 1. The summed E-state index contributed by atoms with van der Waals surface area (Å²) in [7, 11) is 0. The first kappa shape index (κ1) is 16.5. The lowest BCUT2D eigenvalue weighted by Crippen LogP contribution is -2.16. The van der Waals surface area contributed by atoms with Crippen LogP contribution in [-0.4, -0.2) is 34.8 Å². The molecule has 8 heteroatoms. The third-order valence-corrected chi connectivity index (χ3v) is 4.80. The molecule has 2 heterocycles. The predicted molar refractivity (Wildman–Crippen MR) is 99.1 cm³/mol. The average molecular weight is 369 g/mol. The molecule has 2 aromatic carbocycles. The number of hydrogen-bond donors (Lipinski definition) is 2. The molecule has 0 saturated carbocycles. The highest BCUT2D eigenvalue weighted by Gasteiger charge is 2.13. The number of fused-ring (bicyclic) bond motifs is 2. The van der Waals surface area contributed by atoms with Crippen molar-refractivity contribution in [1.82, 2.24) is 9.97 Å². The molecule has 0 radical (unpaired) electrons. The van der Waals surface area contributed by atoms with E-state index in [2.05, 4.69) is 15.3 Å². The van der Waals surface area contributed by atoms with Gasteiger partial charge in [0.1, 0.15) is 13.2 Å². The fraction of sp³-hybridized carbons (Fsp3) is 0.167. The first-order valence-electron chi connectivity index (χ1n) is 7.99. The Balaban J connectivity index is 1.41. The van der Waals surface area contributed by atoms with E-state index in [4.69, 9.17) is 9.47 Å². The Bertz CT molecular complexity index is 1030. The minimum Gasteiger partial charge on any atom is -0.486 e. The topological polar surface area (TPSA) is 93.3 Å². The van der Waals surface area contributed by atoms with Crippen LogP contribution in [-0.2, 0) is 4.79 Å². The van der Waals surface area contributed by atoms with Crippen LogP contribution in [0.1, 0.15) is 0 Å². The number of H-pyrrole nitrogens is 1. The zero-order valence-electron chi connectivity index (χ0n) is 13.7. The number of anilines is 1. The standard InChI is InChI=1S/C18H15N3O4S/c22-17(9-26-12-2-4-15-16(8-12)25-6-5-24-15)21-11-1-3-14-13(7-11)18(23)20-10-19-14/h1-4,7-8,10H,5-6,9H2,(H,21,22)(H,19,20,23). The molecule has 1 aliphatic rings. The molecular weight excluding hydrogens is 354 g/mol. The van der Waals surface area contributed by atoms with Gasteiger partial charge in [-0.25, -0.2) is 4.98 Å². The molecule has 0 saturated heterocycles. The highest BCUT2D eigenvalue weighted by Crippen LogP contribution is 2.34. The number of hydrogen-bond acceptors (Lipinski definition) is 6. The summed E-state index contributed by atoms with van der Waals surface area (Å²) in [5, 5.41) is 3.23. The van der Waals surface area contributed by atoms with Crippen LogP contribution in [0.15, 0.2) is 52.4 Å². The van der Waals surface area contributed by atoms with E-state index in [-0.39, 0.29) is 17.2 Å². The van der Waals surface area contributed by atoms with Gasteiger partial charge >= 0.3 is 0 Å². The SMILES string of the molecule is O=C(CSc1ccc2c(c1)OCCO2)Nc1ccc2nc[nH]c(=O)c2c1. The summed E-state index contributed by atoms with van der Waals surface area (Å²) in [6, 6.07) is 10.7. The molecule has 132 valence electrons. The van der Waals surface area contributed by atoms with E-state index < -0.39 is 0 Å². The van der Waals surface area contributed by atoms with E-state index in [1.165, 1.54) is 18.1 Å². The molecule has 3 aromatic rings. The van der Waals surface area contributed by atoms with Crippen LogP contribution in [0.3, 0.4) is 0 Å². The zero-order chi connectivity index (χ0) is 17.9. The summed E-state index contributed by atoms with van der Waals surface area (Å²) in [5.41, 5.74) is 0.901. The number of rotatable bonds is 4. The third-order valence-electron chi connectivity index (χ3n) is 3.81. The number of ether oxygens (including phenoxy) is 2. The minimum atomic E-state index is -0.239. The van der Waals surface area contributed by atoms with Crippen LogP contribution in [0, 0.1) is 0 Å². The second-order valence-electron chi connectivity index (χ2n) is 5.61. The Kier molecular flexibility index (Phi) is 4.49. The lowest BCUT2D eigenvalue weighted by molar-refractivity contribution is -0.113. The molecule has 0 aliphatic carbocycles. The monoisotopic (exact) mass is 369 g/mol. The van der Waals surface area contributed by atoms with Gasteiger partial charge in [-0.15, -0.1) is 11.8 Å². The summed E-state index contributed by atoms with van der Waals surface area (Å²) in [5.74, 6) is 1.49. The van der Waals surface area contributed by atoms with Crippen molar-refractivity contribution in [2.24, 2.45) is 0 Å². The van der Waals surface area contributed by atoms with Crippen LogP contribution < -0.4 is 20.3 Å². The summed E-state index contributed by atoms with van der Waals surface area (Å²) < 4.78 is 11.0. The third kappa shape index (κ3) is 3.50. The molecule has 4 rings (SSSR count). The van der Waals surface area contributed by atoms with Gasteiger partial charge in [-0.1, -0.05) is 0 Å². The Morgan fingerprint density at radius 1 is 1.15 bits per heavy atom. The van der Waals surface area contributed by atoms with Crippen molar-refractivity contribution < 1.29 is 14.3 Å². The van der Waals surface area contributed by atoms with Crippen LogP contribution in [0.2, 0.25) is 0 Å². The van der Waals surface area contributed by atoms with Crippen molar-refractivity contribution in [3.63, 3.8) is 0 Å². The number of nitrogens with zero attached hydrogens (tertiary/aromatic N) is 1. The number of nitrogens with one attached hydrogen (secondary N) is 2. The maximum atomic E-state index is 12.2. The van der Waals surface area contributed by atoms with Gasteiger partial charge in [0.2, 0.25) is 5.91 Å². The summed E-state index contributed by atoms with van der Waals surface area (Å²) in [6.07, 6.45) is 1.35. The van der Waals surface area contributed by atoms with Crippen LogP contribution in [0.25, 0.3) is 10.9 Å². The minimum absolute atomic E-state index is 0.162. The second-order valence-corrected chi connectivity index (χ2v) is 6.65. The maximum Gasteiger partial charge on any atom is 0.258 e. The van der Waals surface area contributed by atoms with E-state index >= 15 is 0 Å². The van der Waals surface area contributed by atoms with Gasteiger partial charge < -0.3 is 19.8 Å². The molecule has 0 bridgehead atoms. The highest BCUT2D eigenvalue weighted by atomic mass is 32.2. The van der Waals surface area contributed by atoms with Gasteiger partial charge in [0.15, 0.2) is 11.5 Å². The van der Waals surface area contributed by atoms with Crippen molar-refractivity contribution >= 4 is 34.3 Å². The number of benzene rings is 2. The van der Waals surface area contributed by atoms with Gasteiger partial charge in [0, 0.05) is 10.6 Å². The van der Waals surface area contributed by atoms with E-state index in [1.54, 1.807) is 18.2 Å². The molecule has 0 fully saturated rings. The van der Waals surface area contributed by atoms with Crippen molar-refractivity contribution in [3.8, 4) is 11.5 Å². The lowest BCUT2D eigenvalue weighted by atomic mass is 10.2. The van der Waals surface area contributed by atoms with Gasteiger partial charge in [0.05, 0.1) is 23.0 Å². The summed E-state index contributed by atoms with van der Waals surface area (Å²) in [6.45, 7) is 1.07. The van der Waals surface area contributed by atoms with E-state index in [1.807, 2.05) is 18.2 Å². The second kappa shape index (κ2) is 7.09. The van der Waals surface area contributed by atoms with Crippen molar-refractivity contribution in [2.45, 2.75) is 4.90 Å². The molecule has 26 heavy (non-hydrogen) atoms. The van der Waals surface area contributed by atoms with Gasteiger partial charge in [-0.05, 0) is 36.4 Å². The molecule has 0 spiro atoms. The Hall–Kier alpha value is -3.00. The normalized spacial score (nSPS) is 12.8. The molecule has 1 aliphatic heterocycles. The maximum absolute atomic E-state index is 12.2. The number of carbonyl (C=O) groups excluding carboxylic acids is 1. The van der Waals surface area contributed by atoms with Gasteiger partial charge in [-0.2, -0.15) is 0 Å². The fourth-order valence-corrected chi connectivity index (χ4v) is 3.33. The number of aromatic nitrogens is 2. The number of aromatic amines is 1. The Labute approximate surface area is 152 Å². The molecule has 1 aromatic heterocycles. The highest BCUT2D eigenvalue weighted by molar-refractivity contribution is 8.00. The molecule has 0 atom stereocenters. The van der Waals surface area contributed by atoms with Crippen molar-refractivity contribution in [2.75, 3.05) is 24.3 Å². The Morgan fingerprint density at radius 2 is 2.00 bits per heavy atom. The number of carbonyl (C=O) groups is 1. The smallest absolute Gasteiger partial charge is 0.258 e. The summed E-state index contributed by atoms with van der Waals surface area (Å²) >= 11 is 1.40. The number of amides is 1. The van der Waals surface area contributed by atoms with E-state index in [0.717, 1.165) is 10.6 Å². The molecule has 0 unspecified atom stereocenters. The first-order valence-corrected chi connectivity index (χ1v) is 8.97. The average Bonchev–Trinajstić information content (AvgIpc) is 2.67. The fourth-order valence-electron chi connectivity index (χ4n) is 2.61. The van der Waals surface area contributed by atoms with Crippen molar-refractivity contribution in [1.29, 1.82) is 0 Å². The summed E-state index contributed by atoms with van der Waals surface area (Å²) in [4.78, 5) is 31.5. The molecular formula is C18H15N3O4S.